The van der Waals surface area contributed by atoms with E-state index in [2.05, 4.69) is 6.92 Å². The molecule has 1 N–H and O–H groups in total. The van der Waals surface area contributed by atoms with Gasteiger partial charge in [0.2, 0.25) is 0 Å². The third-order valence-corrected chi connectivity index (χ3v) is 3.23. The van der Waals surface area contributed by atoms with E-state index in [-0.39, 0.29) is 6.10 Å². The molecule has 0 bridgehead atoms. The second kappa shape index (κ2) is 9.42. The summed E-state index contributed by atoms with van der Waals surface area (Å²) in [6.45, 7) is 2.20. The summed E-state index contributed by atoms with van der Waals surface area (Å²) in [6, 6.07) is 9.59. The minimum atomic E-state index is -1.19. The molecule has 0 aliphatic heterocycles. The first-order valence-corrected chi connectivity index (χ1v) is 7.18. The highest BCUT2D eigenvalue weighted by molar-refractivity contribution is 5.57. The first-order valence-electron chi connectivity index (χ1n) is 7.18. The lowest BCUT2D eigenvalue weighted by atomic mass is 10.0. The van der Waals surface area contributed by atoms with Crippen LogP contribution in [0.3, 0.4) is 0 Å². The van der Waals surface area contributed by atoms with Crippen LogP contribution in [0.15, 0.2) is 30.3 Å². The predicted octanol–water partition coefficient (Wildman–Crippen LogP) is 5.17. The van der Waals surface area contributed by atoms with Crippen LogP contribution >= 0.6 is 0 Å². The SMILES string of the molecule is CCCCCCCCC(OC(=O)O)c1ccccc1. The molecule has 0 radical (unpaired) electrons. The number of hydrogen-bond acceptors (Lipinski definition) is 2. The lowest BCUT2D eigenvalue weighted by molar-refractivity contribution is 0.0464. The van der Waals surface area contributed by atoms with Crippen molar-refractivity contribution in [1.29, 1.82) is 0 Å². The topological polar surface area (TPSA) is 46.5 Å². The van der Waals surface area contributed by atoms with Crippen molar-refractivity contribution in [3.8, 4) is 0 Å². The van der Waals surface area contributed by atoms with E-state index in [9.17, 15) is 4.79 Å². The van der Waals surface area contributed by atoms with Gasteiger partial charge in [0.15, 0.2) is 0 Å². The second-order valence-electron chi connectivity index (χ2n) is 4.84. The average Bonchev–Trinajstić information content (AvgIpc) is 2.42. The number of rotatable bonds is 9. The summed E-state index contributed by atoms with van der Waals surface area (Å²) in [6.07, 6.45) is 6.42. The van der Waals surface area contributed by atoms with Crippen LogP contribution < -0.4 is 0 Å². The zero-order chi connectivity index (χ0) is 13.9. The van der Waals surface area contributed by atoms with Crippen LogP contribution in [0.2, 0.25) is 0 Å². The number of ether oxygens (including phenoxy) is 1. The van der Waals surface area contributed by atoms with Crippen LogP contribution in [0.25, 0.3) is 0 Å². The van der Waals surface area contributed by atoms with Gasteiger partial charge >= 0.3 is 6.16 Å². The van der Waals surface area contributed by atoms with Gasteiger partial charge in [-0.05, 0) is 18.4 Å². The van der Waals surface area contributed by atoms with E-state index in [0.717, 1.165) is 24.8 Å². The Hall–Kier alpha value is -1.51. The molecule has 1 rings (SSSR count). The van der Waals surface area contributed by atoms with Gasteiger partial charge in [-0.1, -0.05) is 69.4 Å². The molecule has 106 valence electrons. The van der Waals surface area contributed by atoms with Crippen molar-refractivity contribution >= 4 is 6.16 Å². The van der Waals surface area contributed by atoms with E-state index < -0.39 is 6.16 Å². The predicted molar refractivity (Wildman–Crippen MR) is 76.3 cm³/mol. The molecule has 0 aliphatic carbocycles. The molecule has 1 aromatic carbocycles. The normalized spacial score (nSPS) is 12.1. The van der Waals surface area contributed by atoms with Crippen molar-refractivity contribution in [2.45, 2.75) is 58.0 Å². The van der Waals surface area contributed by atoms with Crippen LogP contribution in [0.4, 0.5) is 4.79 Å². The summed E-state index contributed by atoms with van der Waals surface area (Å²) >= 11 is 0. The van der Waals surface area contributed by atoms with Crippen molar-refractivity contribution in [2.24, 2.45) is 0 Å². The Morgan fingerprint density at radius 1 is 1.11 bits per heavy atom. The van der Waals surface area contributed by atoms with Crippen LogP contribution in [0.1, 0.15) is 63.5 Å². The maximum atomic E-state index is 10.7. The maximum Gasteiger partial charge on any atom is 0.506 e. The third kappa shape index (κ3) is 6.85. The molecule has 3 nitrogen and oxygen atoms in total. The number of carbonyl (C=O) groups is 1. The van der Waals surface area contributed by atoms with Crippen molar-refractivity contribution in [2.75, 3.05) is 0 Å². The second-order valence-corrected chi connectivity index (χ2v) is 4.84. The summed E-state index contributed by atoms with van der Waals surface area (Å²) in [7, 11) is 0. The molecule has 0 saturated carbocycles. The smallest absolute Gasteiger partial charge is 0.450 e. The van der Waals surface area contributed by atoms with Crippen LogP contribution in [0, 0.1) is 0 Å². The summed E-state index contributed by atoms with van der Waals surface area (Å²) in [4.78, 5) is 10.7. The zero-order valence-corrected chi connectivity index (χ0v) is 11.7. The number of benzene rings is 1. The molecule has 0 aromatic heterocycles. The minimum Gasteiger partial charge on any atom is -0.450 e. The van der Waals surface area contributed by atoms with Gasteiger partial charge in [-0.3, -0.25) is 0 Å². The highest BCUT2D eigenvalue weighted by Crippen LogP contribution is 2.24. The first-order chi connectivity index (χ1) is 9.24. The summed E-state index contributed by atoms with van der Waals surface area (Å²) in [5.74, 6) is 0. The van der Waals surface area contributed by atoms with E-state index >= 15 is 0 Å². The van der Waals surface area contributed by atoms with Crippen molar-refractivity contribution in [3.63, 3.8) is 0 Å². The molecule has 0 aliphatic rings. The summed E-state index contributed by atoms with van der Waals surface area (Å²) < 4.78 is 4.98. The van der Waals surface area contributed by atoms with Gasteiger partial charge in [0.25, 0.3) is 0 Å². The summed E-state index contributed by atoms with van der Waals surface area (Å²) in [5, 5.41) is 8.80. The van der Waals surface area contributed by atoms with Gasteiger partial charge in [-0.25, -0.2) is 4.79 Å². The fraction of sp³-hybridized carbons (Fsp3) is 0.562. The number of carboxylic acid groups (broad SMARTS) is 1. The standard InChI is InChI=1S/C16H24O3/c1-2-3-4-5-6-10-13-15(19-16(17)18)14-11-8-7-9-12-14/h7-9,11-12,15H,2-6,10,13H2,1H3,(H,17,18). The minimum absolute atomic E-state index is 0.329. The largest absolute Gasteiger partial charge is 0.506 e. The van der Waals surface area contributed by atoms with E-state index in [0.29, 0.717) is 0 Å². The van der Waals surface area contributed by atoms with Gasteiger partial charge in [-0.15, -0.1) is 0 Å². The Morgan fingerprint density at radius 2 is 1.74 bits per heavy atom. The molecule has 1 atom stereocenters. The Labute approximate surface area is 115 Å². The van der Waals surface area contributed by atoms with Gasteiger partial charge < -0.3 is 9.84 Å². The quantitative estimate of drug-likeness (QED) is 0.494. The van der Waals surface area contributed by atoms with Gasteiger partial charge in [-0.2, -0.15) is 0 Å². The third-order valence-electron chi connectivity index (χ3n) is 3.23. The Kier molecular flexibility index (Phi) is 7.71. The molecule has 0 fully saturated rings. The Balaban J connectivity index is 2.36. The van der Waals surface area contributed by atoms with Gasteiger partial charge in [0, 0.05) is 0 Å². The highest BCUT2D eigenvalue weighted by atomic mass is 16.7. The molecule has 0 amide bonds. The number of hydrogen-bond donors (Lipinski definition) is 1. The molecule has 19 heavy (non-hydrogen) atoms. The first kappa shape index (κ1) is 15.5. The summed E-state index contributed by atoms with van der Waals surface area (Å²) in [5.41, 5.74) is 0.943. The lowest BCUT2D eigenvalue weighted by Gasteiger charge is -2.16. The lowest BCUT2D eigenvalue weighted by Crippen LogP contribution is -2.09. The van der Waals surface area contributed by atoms with Gasteiger partial charge in [0.1, 0.15) is 6.10 Å². The van der Waals surface area contributed by atoms with Crippen molar-refractivity contribution in [1.82, 2.24) is 0 Å². The van der Waals surface area contributed by atoms with Crippen LogP contribution in [-0.4, -0.2) is 11.3 Å². The fourth-order valence-electron chi connectivity index (χ4n) is 2.19. The Morgan fingerprint density at radius 3 is 2.37 bits per heavy atom. The van der Waals surface area contributed by atoms with Crippen LogP contribution in [-0.2, 0) is 4.74 Å². The van der Waals surface area contributed by atoms with Crippen molar-refractivity contribution < 1.29 is 14.6 Å². The van der Waals surface area contributed by atoms with Crippen LogP contribution in [0.5, 0.6) is 0 Å². The fourth-order valence-corrected chi connectivity index (χ4v) is 2.19. The molecular formula is C16H24O3. The molecule has 3 heteroatoms. The molecule has 0 spiro atoms. The van der Waals surface area contributed by atoms with E-state index in [1.165, 1.54) is 25.7 Å². The monoisotopic (exact) mass is 264 g/mol. The molecular weight excluding hydrogens is 240 g/mol. The maximum absolute atomic E-state index is 10.7. The zero-order valence-electron chi connectivity index (χ0n) is 11.7. The number of unbranched alkanes of at least 4 members (excludes halogenated alkanes) is 5. The molecule has 1 unspecified atom stereocenters. The van der Waals surface area contributed by atoms with Crippen molar-refractivity contribution in [3.05, 3.63) is 35.9 Å². The Bertz CT molecular complexity index is 348. The molecule has 0 heterocycles. The molecule has 1 aromatic rings. The highest BCUT2D eigenvalue weighted by Gasteiger charge is 2.15. The average molecular weight is 264 g/mol. The molecule has 0 saturated heterocycles. The van der Waals surface area contributed by atoms with E-state index in [1.807, 2.05) is 30.3 Å². The van der Waals surface area contributed by atoms with Gasteiger partial charge in [0.05, 0.1) is 0 Å². The van der Waals surface area contributed by atoms with E-state index in [1.54, 1.807) is 0 Å². The van der Waals surface area contributed by atoms with E-state index in [4.69, 9.17) is 9.84 Å².